The molecule has 0 saturated heterocycles. The molecule has 0 aliphatic heterocycles. The van der Waals surface area contributed by atoms with Crippen LogP contribution in [0.1, 0.15) is 13.8 Å². The Labute approximate surface area is 283 Å². The molecule has 6 bridgehead atoms. The van der Waals surface area contributed by atoms with Gasteiger partial charge in [0.1, 0.15) is 0 Å². The minimum Gasteiger partial charge on any atom is -0.435 e. The molecule has 9 aromatic rings. The summed E-state index contributed by atoms with van der Waals surface area (Å²) in [6.07, 6.45) is 0. The minimum atomic E-state index is 0.357. The van der Waals surface area contributed by atoms with Crippen molar-refractivity contribution in [3.8, 4) is 12.1 Å². The number of nitriles is 2. The van der Waals surface area contributed by atoms with Crippen molar-refractivity contribution in [2.75, 3.05) is 0 Å². The third-order valence-corrected chi connectivity index (χ3v) is 7.48. The van der Waals surface area contributed by atoms with Gasteiger partial charge in [0.05, 0.1) is 12.1 Å². The first-order valence-corrected chi connectivity index (χ1v) is 15.5. The van der Waals surface area contributed by atoms with E-state index in [0.29, 0.717) is 56.5 Å². The van der Waals surface area contributed by atoms with Gasteiger partial charge in [-0.2, -0.15) is 30.5 Å². The lowest BCUT2D eigenvalue weighted by Crippen LogP contribution is -1.85. The van der Waals surface area contributed by atoms with E-state index in [4.69, 9.17) is 48.1 Å². The molecule has 5 aromatic heterocycles. The van der Waals surface area contributed by atoms with Crippen LogP contribution in [0.15, 0.2) is 139 Å². The lowest BCUT2D eigenvalue weighted by Gasteiger charge is -2.02. The van der Waals surface area contributed by atoms with Crippen LogP contribution in [0.5, 0.6) is 0 Å². The highest BCUT2D eigenvalue weighted by Gasteiger charge is 2.06. The zero-order chi connectivity index (χ0) is 34.5. The maximum atomic E-state index is 7.32. The number of rotatable bonds is 0. The van der Waals surface area contributed by atoms with Crippen molar-refractivity contribution in [1.29, 1.82) is 10.5 Å². The molecule has 0 radical (unpaired) electrons. The second-order valence-corrected chi connectivity index (χ2v) is 10.8. The van der Waals surface area contributed by atoms with Crippen LogP contribution < -0.4 is 0 Å². The Hall–Kier alpha value is -7.30. The van der Waals surface area contributed by atoms with Gasteiger partial charge < -0.3 is 17.7 Å². The zero-order valence-corrected chi connectivity index (χ0v) is 26.9. The monoisotopic (exact) mass is 654 g/mol. The van der Waals surface area contributed by atoms with E-state index in [-0.39, 0.29) is 0 Å². The van der Waals surface area contributed by atoms with E-state index >= 15 is 0 Å². The SMILES string of the molecule is CC#N.CC#N.c1ccc2cc3oc4ccc5ccc(nc5n4)oc4cc5ccccc5cc4oc4ccc5ccc(nc5n4)oc3cc2c1. The molecule has 0 saturated carbocycles. The highest BCUT2D eigenvalue weighted by atomic mass is 16.4. The van der Waals surface area contributed by atoms with Crippen LogP contribution in [-0.4, -0.2) is 19.9 Å². The van der Waals surface area contributed by atoms with Crippen molar-refractivity contribution < 1.29 is 17.7 Å². The van der Waals surface area contributed by atoms with Gasteiger partial charge in [-0.15, -0.1) is 0 Å². The van der Waals surface area contributed by atoms with Gasteiger partial charge in [-0.05, 0) is 70.1 Å². The number of nitrogens with zero attached hydrogens (tertiary/aromatic N) is 6. The van der Waals surface area contributed by atoms with Crippen LogP contribution in [0.4, 0.5) is 0 Å². The fourth-order valence-electron chi connectivity index (χ4n) is 5.32. The third-order valence-electron chi connectivity index (χ3n) is 7.48. The number of benzene rings is 4. The van der Waals surface area contributed by atoms with E-state index < -0.39 is 0 Å². The Morgan fingerprint density at radius 2 is 0.620 bits per heavy atom. The Balaban J connectivity index is 0.000000613. The predicted octanol–water partition coefficient (Wildman–Crippen LogP) is 10.7. The fraction of sp³-hybridized carbons (Fsp3) is 0.0500. The molecule has 0 aliphatic rings. The molecular formula is C40H26N6O4. The summed E-state index contributed by atoms with van der Waals surface area (Å²) in [7, 11) is 0. The standard InChI is InChI=1S/C36H20N4O4.2C2H3N/c1-2-6-24-18-28-27(17-23(24)5-1)41-31-13-9-21-11-15-33(39-35(21)37-31)43-29-19-25-7-3-4-8-26(25)20-30(29)44-34-16-12-22-10-14-32(42-28)38-36(22)40-34;2*1-2-3/h1-20H;2*1H3. The molecule has 50 heavy (non-hydrogen) atoms. The van der Waals surface area contributed by atoms with Gasteiger partial charge in [0, 0.05) is 48.9 Å². The van der Waals surface area contributed by atoms with Crippen molar-refractivity contribution >= 4 is 88.8 Å². The molecule has 0 N–H and O–H groups in total. The number of fused-ring (bicyclic) bond motifs is 8. The first kappa shape index (κ1) is 31.3. The maximum Gasteiger partial charge on any atom is 0.221 e. The summed E-state index contributed by atoms with van der Waals surface area (Å²) in [4.78, 5) is 18.8. The van der Waals surface area contributed by atoms with Crippen molar-refractivity contribution in [3.05, 3.63) is 121 Å². The van der Waals surface area contributed by atoms with Crippen molar-refractivity contribution in [2.24, 2.45) is 0 Å². The Morgan fingerprint density at radius 3 is 0.860 bits per heavy atom. The van der Waals surface area contributed by atoms with Crippen molar-refractivity contribution in [3.63, 3.8) is 0 Å². The number of hydrogen-bond donors (Lipinski definition) is 0. The first-order chi connectivity index (χ1) is 24.5. The van der Waals surface area contributed by atoms with E-state index in [1.807, 2.05) is 97.1 Å². The first-order valence-electron chi connectivity index (χ1n) is 15.5. The number of pyridine rings is 4. The Kier molecular flexibility index (Phi) is 8.65. The van der Waals surface area contributed by atoms with Crippen LogP contribution in [0.3, 0.4) is 0 Å². The van der Waals surface area contributed by atoms with Gasteiger partial charge in [0.15, 0.2) is 33.6 Å². The van der Waals surface area contributed by atoms with Gasteiger partial charge >= 0.3 is 0 Å². The molecule has 0 atom stereocenters. The average Bonchev–Trinajstić information content (AvgIpc) is 3.12. The van der Waals surface area contributed by atoms with Crippen molar-refractivity contribution in [1.82, 2.24) is 19.9 Å². The topological polar surface area (TPSA) is 152 Å². The Morgan fingerprint density at radius 1 is 0.380 bits per heavy atom. The smallest absolute Gasteiger partial charge is 0.221 e. The molecule has 4 aromatic carbocycles. The molecule has 0 fully saturated rings. The number of aromatic nitrogens is 4. The average molecular weight is 655 g/mol. The molecule has 0 unspecified atom stereocenters. The van der Waals surface area contributed by atoms with Gasteiger partial charge in [-0.1, -0.05) is 48.5 Å². The fourth-order valence-corrected chi connectivity index (χ4v) is 5.32. The molecule has 10 heteroatoms. The molecule has 5 heterocycles. The highest BCUT2D eigenvalue weighted by Crippen LogP contribution is 2.26. The van der Waals surface area contributed by atoms with Gasteiger partial charge in [0.2, 0.25) is 22.9 Å². The second-order valence-electron chi connectivity index (χ2n) is 10.8. The second kappa shape index (κ2) is 13.8. The molecule has 240 valence electrons. The van der Waals surface area contributed by atoms with E-state index in [0.717, 1.165) is 32.3 Å². The Bertz CT molecular complexity index is 2580. The largest absolute Gasteiger partial charge is 0.435 e. The normalized spacial score (nSPS) is 10.6. The summed E-state index contributed by atoms with van der Waals surface area (Å²) < 4.78 is 25.4. The summed E-state index contributed by atoms with van der Waals surface area (Å²) >= 11 is 0. The quantitative estimate of drug-likeness (QED) is 0.154. The minimum absolute atomic E-state index is 0.357. The van der Waals surface area contributed by atoms with Crippen LogP contribution in [-0.2, 0) is 0 Å². The maximum absolute atomic E-state index is 7.32. The van der Waals surface area contributed by atoms with Crippen LogP contribution >= 0.6 is 0 Å². The lowest BCUT2D eigenvalue weighted by atomic mass is 10.1. The number of hydrogen-bond acceptors (Lipinski definition) is 10. The lowest BCUT2D eigenvalue weighted by molar-refractivity contribution is 0.601. The summed E-state index contributed by atoms with van der Waals surface area (Å²) in [5, 5.41) is 20.3. The van der Waals surface area contributed by atoms with Crippen molar-refractivity contribution in [2.45, 2.75) is 13.8 Å². The molecule has 0 aliphatic carbocycles. The highest BCUT2D eigenvalue weighted by molar-refractivity contribution is 5.95. The van der Waals surface area contributed by atoms with Gasteiger partial charge in [-0.25, -0.2) is 0 Å². The molecule has 10 nitrogen and oxygen atoms in total. The summed E-state index contributed by atoms with van der Waals surface area (Å²) in [5.41, 5.74) is 4.30. The summed E-state index contributed by atoms with van der Waals surface area (Å²) in [5.74, 6) is 0. The van der Waals surface area contributed by atoms with Gasteiger partial charge in [0.25, 0.3) is 0 Å². The van der Waals surface area contributed by atoms with E-state index in [1.54, 1.807) is 36.4 Å². The predicted molar refractivity (Wildman–Crippen MR) is 193 cm³/mol. The van der Waals surface area contributed by atoms with Crippen LogP contribution in [0.25, 0.3) is 88.8 Å². The summed E-state index contributed by atoms with van der Waals surface area (Å²) in [6.45, 7) is 2.86. The summed E-state index contributed by atoms with van der Waals surface area (Å²) in [6, 6.07) is 42.0. The molecule has 0 spiro atoms. The molecular weight excluding hydrogens is 628 g/mol. The zero-order valence-electron chi connectivity index (χ0n) is 26.9. The van der Waals surface area contributed by atoms with Crippen LogP contribution in [0.2, 0.25) is 0 Å². The van der Waals surface area contributed by atoms with E-state index in [1.165, 1.54) is 13.8 Å². The van der Waals surface area contributed by atoms with Crippen LogP contribution in [0, 0.1) is 22.7 Å². The van der Waals surface area contributed by atoms with E-state index in [2.05, 4.69) is 0 Å². The van der Waals surface area contributed by atoms with E-state index in [9.17, 15) is 0 Å². The molecule has 9 rings (SSSR count). The van der Waals surface area contributed by atoms with Gasteiger partial charge in [-0.3, -0.25) is 0 Å². The third kappa shape index (κ3) is 6.58. The molecule has 0 amide bonds.